The second-order valence-corrected chi connectivity index (χ2v) is 14.8. The lowest BCUT2D eigenvalue weighted by molar-refractivity contribution is -0.147. The highest BCUT2D eigenvalue weighted by atomic mass is 35.5. The van der Waals surface area contributed by atoms with Crippen LogP contribution in [-0.4, -0.2) is 31.4 Å². The van der Waals surface area contributed by atoms with Gasteiger partial charge in [-0.1, -0.05) is 66.0 Å². The van der Waals surface area contributed by atoms with Crippen molar-refractivity contribution in [2.45, 2.75) is 54.7 Å². The van der Waals surface area contributed by atoms with E-state index in [0.717, 1.165) is 18.4 Å². The fourth-order valence-electron chi connectivity index (χ4n) is 6.29. The normalized spacial score (nSPS) is 24.3. The summed E-state index contributed by atoms with van der Waals surface area (Å²) < 4.78 is 29.0. The van der Waals surface area contributed by atoms with Crippen molar-refractivity contribution in [3.63, 3.8) is 0 Å². The van der Waals surface area contributed by atoms with E-state index in [1.807, 2.05) is 18.2 Å². The van der Waals surface area contributed by atoms with E-state index in [2.05, 4.69) is 5.32 Å². The average molecular weight is 635 g/mol. The van der Waals surface area contributed by atoms with E-state index in [4.69, 9.17) is 34.8 Å². The third-order valence-electron chi connectivity index (χ3n) is 8.37. The van der Waals surface area contributed by atoms with Crippen molar-refractivity contribution in [2.75, 3.05) is 0 Å². The molecule has 5 rings (SSSR count). The molecule has 0 bridgehead atoms. The van der Waals surface area contributed by atoms with Crippen LogP contribution in [0.4, 0.5) is 0 Å². The van der Waals surface area contributed by atoms with Crippen LogP contribution in [0.15, 0.2) is 77.7 Å². The van der Waals surface area contributed by atoms with E-state index in [1.54, 1.807) is 49.4 Å². The minimum Gasteiger partial charge on any atom is -0.481 e. The molecule has 2 N–H and O–H groups in total. The van der Waals surface area contributed by atoms with Gasteiger partial charge < -0.3 is 10.4 Å². The number of hydrogen-bond donors (Lipinski definition) is 2. The molecule has 1 aliphatic heterocycles. The van der Waals surface area contributed by atoms with Gasteiger partial charge in [0.2, 0.25) is 5.91 Å². The van der Waals surface area contributed by atoms with Crippen LogP contribution in [0.5, 0.6) is 0 Å². The molecular weight excluding hydrogens is 605 g/mol. The van der Waals surface area contributed by atoms with Gasteiger partial charge in [0.15, 0.2) is 9.84 Å². The molecule has 2 aliphatic rings. The Morgan fingerprint density at radius 2 is 1.59 bits per heavy atom. The largest absolute Gasteiger partial charge is 0.481 e. The van der Waals surface area contributed by atoms with Gasteiger partial charge >= 0.3 is 5.97 Å². The van der Waals surface area contributed by atoms with E-state index in [1.165, 1.54) is 12.1 Å². The van der Waals surface area contributed by atoms with Gasteiger partial charge in [-0.2, -0.15) is 0 Å². The zero-order chi connectivity index (χ0) is 29.5. The molecule has 3 aromatic rings. The summed E-state index contributed by atoms with van der Waals surface area (Å²) >= 11 is 18.7. The Morgan fingerprint density at radius 1 is 0.976 bits per heavy atom. The van der Waals surface area contributed by atoms with Crippen molar-refractivity contribution < 1.29 is 23.1 Å². The van der Waals surface area contributed by atoms with Crippen LogP contribution in [0, 0.1) is 17.3 Å². The van der Waals surface area contributed by atoms with Crippen molar-refractivity contribution in [2.24, 2.45) is 17.3 Å². The molecule has 0 spiro atoms. The Hall–Kier alpha value is -2.58. The molecule has 1 unspecified atom stereocenters. The minimum atomic E-state index is -3.99. The zero-order valence-corrected chi connectivity index (χ0v) is 25.4. The van der Waals surface area contributed by atoms with Crippen molar-refractivity contribution >= 4 is 56.5 Å². The van der Waals surface area contributed by atoms with Gasteiger partial charge in [0, 0.05) is 32.9 Å². The number of benzene rings is 3. The average Bonchev–Trinajstić information content (AvgIpc) is 3.75. The highest BCUT2D eigenvalue weighted by Gasteiger charge is 2.55. The maximum Gasteiger partial charge on any atom is 0.304 e. The van der Waals surface area contributed by atoms with Crippen LogP contribution in [0.3, 0.4) is 0 Å². The number of carbonyl (C=O) groups is 2. The summed E-state index contributed by atoms with van der Waals surface area (Å²) in [7, 11) is -3.99. The molecular formula is C31H30Cl3NO5S. The van der Waals surface area contributed by atoms with Crippen LogP contribution < -0.4 is 5.32 Å². The lowest BCUT2D eigenvalue weighted by Crippen LogP contribution is -2.58. The van der Waals surface area contributed by atoms with E-state index < -0.39 is 44.3 Å². The fourth-order valence-corrected chi connectivity index (χ4v) is 8.87. The van der Waals surface area contributed by atoms with Crippen molar-refractivity contribution in [3.8, 4) is 0 Å². The number of carbonyl (C=O) groups excluding carboxylic acids is 1. The molecule has 216 valence electrons. The molecule has 1 aliphatic carbocycles. The lowest BCUT2D eigenvalue weighted by Gasteiger charge is -2.47. The SMILES string of the molecule is C[C@@]1(CC(=O)O)C[C@H](c2cccc(Cl)c2)[C@@H](C(C2CC2)[C@@H](c2ccc(Cl)cc2)S(=O)(=O)c2ccc(Cl)cc2)NC1=O. The van der Waals surface area contributed by atoms with Crippen LogP contribution in [0.2, 0.25) is 15.1 Å². The molecule has 0 radical (unpaired) electrons. The molecule has 1 saturated heterocycles. The number of sulfone groups is 1. The summed E-state index contributed by atoms with van der Waals surface area (Å²) in [6.45, 7) is 1.65. The third kappa shape index (κ3) is 6.29. The van der Waals surface area contributed by atoms with Gasteiger partial charge in [-0.25, -0.2) is 8.42 Å². The molecule has 1 heterocycles. The Labute approximate surface area is 254 Å². The fraction of sp³-hybridized carbons (Fsp3) is 0.355. The predicted octanol–water partition coefficient (Wildman–Crippen LogP) is 7.34. The van der Waals surface area contributed by atoms with Crippen LogP contribution in [0.1, 0.15) is 54.9 Å². The van der Waals surface area contributed by atoms with Crippen molar-refractivity contribution in [3.05, 3.63) is 99.0 Å². The highest BCUT2D eigenvalue weighted by molar-refractivity contribution is 7.91. The quantitative estimate of drug-likeness (QED) is 0.257. The summed E-state index contributed by atoms with van der Waals surface area (Å²) in [5.74, 6) is -2.34. The summed E-state index contributed by atoms with van der Waals surface area (Å²) in [6, 6.07) is 19.6. The molecule has 1 amide bonds. The second kappa shape index (κ2) is 11.6. The number of amides is 1. The van der Waals surface area contributed by atoms with Crippen molar-refractivity contribution in [1.82, 2.24) is 5.32 Å². The maximum atomic E-state index is 14.5. The number of nitrogens with one attached hydrogen (secondary N) is 1. The zero-order valence-electron chi connectivity index (χ0n) is 22.3. The molecule has 5 atom stereocenters. The topological polar surface area (TPSA) is 101 Å². The Morgan fingerprint density at radius 3 is 2.15 bits per heavy atom. The Kier molecular flexibility index (Phi) is 8.46. The number of piperidine rings is 1. The first-order valence-corrected chi connectivity index (χ1v) is 16.1. The van der Waals surface area contributed by atoms with Crippen LogP contribution >= 0.6 is 34.8 Å². The first-order chi connectivity index (χ1) is 19.4. The number of aliphatic carboxylic acids is 1. The molecule has 6 nitrogen and oxygen atoms in total. The third-order valence-corrected chi connectivity index (χ3v) is 11.3. The van der Waals surface area contributed by atoms with Gasteiger partial charge in [-0.3, -0.25) is 9.59 Å². The van der Waals surface area contributed by atoms with Gasteiger partial charge in [0.05, 0.1) is 22.0 Å². The van der Waals surface area contributed by atoms with Gasteiger partial charge in [-0.05, 0) is 84.8 Å². The van der Waals surface area contributed by atoms with E-state index >= 15 is 0 Å². The monoisotopic (exact) mass is 633 g/mol. The number of carboxylic acid groups (broad SMARTS) is 1. The van der Waals surface area contributed by atoms with E-state index in [-0.39, 0.29) is 29.6 Å². The van der Waals surface area contributed by atoms with E-state index in [9.17, 15) is 23.1 Å². The molecule has 10 heteroatoms. The number of hydrogen-bond acceptors (Lipinski definition) is 4. The highest BCUT2D eigenvalue weighted by Crippen LogP contribution is 2.54. The predicted molar refractivity (Wildman–Crippen MR) is 160 cm³/mol. The molecule has 2 fully saturated rings. The summed E-state index contributed by atoms with van der Waals surface area (Å²) in [4.78, 5) is 25.5. The molecule has 0 aromatic heterocycles. The summed E-state index contributed by atoms with van der Waals surface area (Å²) in [6.07, 6.45) is 1.51. The first kappa shape index (κ1) is 29.9. The number of carboxylic acids is 1. The first-order valence-electron chi connectivity index (χ1n) is 13.4. The molecule has 1 saturated carbocycles. The lowest BCUT2D eigenvalue weighted by atomic mass is 9.66. The minimum absolute atomic E-state index is 0.0218. The van der Waals surface area contributed by atoms with Gasteiger partial charge in [0.1, 0.15) is 0 Å². The number of halogens is 3. The Bertz CT molecular complexity index is 1560. The van der Waals surface area contributed by atoms with Gasteiger partial charge in [-0.15, -0.1) is 0 Å². The standard InChI is InChI=1S/C31H30Cl3NO5S/c1-31(17-26(36)37)16-25(20-3-2-4-23(34)15-20)28(35-30(31)38)27(18-5-6-18)29(19-7-9-21(32)10-8-19)41(39,40)24-13-11-22(33)12-14-24/h2-4,7-15,18,25,27-29H,5-6,16-17H2,1H3,(H,35,38)(H,36,37)/t25-,27?,28+,29-,31+/m1/s1. The second-order valence-electron chi connectivity index (χ2n) is 11.4. The van der Waals surface area contributed by atoms with Crippen LogP contribution in [-0.2, 0) is 19.4 Å². The Balaban J connectivity index is 1.68. The molecule has 3 aromatic carbocycles. The maximum absolute atomic E-state index is 14.5. The molecule has 41 heavy (non-hydrogen) atoms. The smallest absolute Gasteiger partial charge is 0.304 e. The van der Waals surface area contributed by atoms with Crippen LogP contribution in [0.25, 0.3) is 0 Å². The van der Waals surface area contributed by atoms with Crippen molar-refractivity contribution in [1.29, 1.82) is 0 Å². The summed E-state index contributed by atoms with van der Waals surface area (Å²) in [5, 5.41) is 13.2. The van der Waals surface area contributed by atoms with Gasteiger partial charge in [0.25, 0.3) is 0 Å². The number of rotatable bonds is 9. The van der Waals surface area contributed by atoms with E-state index in [0.29, 0.717) is 20.6 Å². The summed E-state index contributed by atoms with van der Waals surface area (Å²) in [5.41, 5.74) is 0.205.